The second-order valence-corrected chi connectivity index (χ2v) is 7.81. The topological polar surface area (TPSA) is 74.6 Å². The minimum atomic E-state index is -0.357. The minimum absolute atomic E-state index is 0.191. The average molecular weight is 476 g/mol. The number of benzene rings is 3. The van der Waals surface area contributed by atoms with Crippen molar-refractivity contribution >= 4 is 11.6 Å². The molecule has 0 spiro atoms. The lowest BCUT2D eigenvalue weighted by atomic mass is 10.1. The second-order valence-electron chi connectivity index (χ2n) is 7.81. The second kappa shape index (κ2) is 10.7. The van der Waals surface area contributed by atoms with Gasteiger partial charge in [-0.15, -0.1) is 0 Å². The van der Waals surface area contributed by atoms with Crippen LogP contribution >= 0.6 is 0 Å². The van der Waals surface area contributed by atoms with Crippen LogP contribution in [0, 0.1) is 12.7 Å². The summed E-state index contributed by atoms with van der Waals surface area (Å²) in [5.41, 5.74) is 2.89. The summed E-state index contributed by atoms with van der Waals surface area (Å²) in [6.45, 7) is 1.88. The van der Waals surface area contributed by atoms with E-state index in [0.29, 0.717) is 23.7 Å². The van der Waals surface area contributed by atoms with Crippen molar-refractivity contribution in [3.8, 4) is 28.8 Å². The third-order valence-electron chi connectivity index (χ3n) is 5.46. The highest BCUT2D eigenvalue weighted by atomic mass is 19.1. The van der Waals surface area contributed by atoms with Gasteiger partial charge >= 0.3 is 0 Å². The summed E-state index contributed by atoms with van der Waals surface area (Å²) in [6, 6.07) is 20.4. The van der Waals surface area contributed by atoms with Crippen molar-refractivity contribution in [2.24, 2.45) is 0 Å². The maximum Gasteiger partial charge on any atom is 0.226 e. The average Bonchev–Trinajstić information content (AvgIpc) is 3.19. The highest BCUT2D eigenvalue weighted by molar-refractivity contribution is 5.90. The zero-order valence-corrected chi connectivity index (χ0v) is 19.7. The third-order valence-corrected chi connectivity index (χ3v) is 5.46. The Bertz CT molecular complexity index is 1280. The Balaban J connectivity index is 1.60. The van der Waals surface area contributed by atoms with E-state index < -0.39 is 0 Å². The van der Waals surface area contributed by atoms with Gasteiger partial charge in [0.25, 0.3) is 0 Å². The molecule has 1 heterocycles. The molecule has 1 amide bonds. The summed E-state index contributed by atoms with van der Waals surface area (Å²) in [6.07, 6.45) is 0.603. The SMILES string of the molecule is COc1ccc(Oc2c(CCC(=O)Nc3ccc(F)cc3)c(C)nn2-c2ccc(OC)cc2)cc1. The van der Waals surface area contributed by atoms with Crippen molar-refractivity contribution in [2.75, 3.05) is 19.5 Å². The van der Waals surface area contributed by atoms with Crippen molar-refractivity contribution in [3.63, 3.8) is 0 Å². The molecule has 3 aromatic carbocycles. The first-order valence-electron chi connectivity index (χ1n) is 11.1. The summed E-state index contributed by atoms with van der Waals surface area (Å²) < 4.78 is 31.6. The van der Waals surface area contributed by atoms with E-state index in [2.05, 4.69) is 5.32 Å². The van der Waals surface area contributed by atoms with Gasteiger partial charge < -0.3 is 19.5 Å². The standard InChI is InChI=1S/C27H26FN3O4/c1-18-25(16-17-26(32)29-20-6-4-19(28)5-7-20)27(35-24-14-12-23(34-3)13-15-24)31(30-18)21-8-10-22(33-2)11-9-21/h4-15H,16-17H2,1-3H3,(H,29,32). The Labute approximate surface area is 203 Å². The number of nitrogens with zero attached hydrogens (tertiary/aromatic N) is 2. The van der Waals surface area contributed by atoms with E-state index >= 15 is 0 Å². The summed E-state index contributed by atoms with van der Waals surface area (Å²) in [4.78, 5) is 12.6. The van der Waals surface area contributed by atoms with Gasteiger partial charge in [-0.05, 0) is 86.1 Å². The lowest BCUT2D eigenvalue weighted by Gasteiger charge is -2.12. The Morgan fingerprint density at radius 3 is 2.06 bits per heavy atom. The number of rotatable bonds is 9. The molecule has 0 atom stereocenters. The molecule has 4 aromatic rings. The van der Waals surface area contributed by atoms with Crippen LogP contribution in [0.4, 0.5) is 10.1 Å². The maximum absolute atomic E-state index is 13.1. The van der Waals surface area contributed by atoms with Crippen LogP contribution in [-0.2, 0) is 11.2 Å². The molecule has 180 valence electrons. The number of nitrogens with one attached hydrogen (secondary N) is 1. The van der Waals surface area contributed by atoms with Gasteiger partial charge in [0.1, 0.15) is 23.1 Å². The number of carbonyl (C=O) groups excluding carboxylic acids is 1. The molecule has 1 N–H and O–H groups in total. The molecule has 0 aliphatic carbocycles. The van der Waals surface area contributed by atoms with Crippen LogP contribution in [0.15, 0.2) is 72.8 Å². The van der Waals surface area contributed by atoms with E-state index in [9.17, 15) is 9.18 Å². The van der Waals surface area contributed by atoms with Crippen molar-refractivity contribution in [3.05, 3.63) is 89.9 Å². The van der Waals surface area contributed by atoms with Gasteiger partial charge in [0.15, 0.2) is 0 Å². The third kappa shape index (κ3) is 5.78. The number of amides is 1. The van der Waals surface area contributed by atoms with Gasteiger partial charge in [-0.25, -0.2) is 9.07 Å². The van der Waals surface area contributed by atoms with Gasteiger partial charge in [0.05, 0.1) is 25.6 Å². The van der Waals surface area contributed by atoms with Gasteiger partial charge in [-0.2, -0.15) is 5.10 Å². The fraction of sp³-hybridized carbons (Fsp3) is 0.185. The number of carbonyl (C=O) groups is 1. The van der Waals surface area contributed by atoms with Crippen LogP contribution in [0.5, 0.6) is 23.1 Å². The predicted octanol–water partition coefficient (Wildman–Crippen LogP) is 5.70. The first-order valence-corrected chi connectivity index (χ1v) is 11.1. The van der Waals surface area contributed by atoms with Crippen molar-refractivity contribution < 1.29 is 23.4 Å². The number of hydrogen-bond donors (Lipinski definition) is 1. The van der Waals surface area contributed by atoms with Crippen LogP contribution < -0.4 is 19.5 Å². The first kappa shape index (κ1) is 23.8. The van der Waals surface area contributed by atoms with Gasteiger partial charge in [0, 0.05) is 17.7 Å². The number of aryl methyl sites for hydroxylation is 1. The summed E-state index contributed by atoms with van der Waals surface area (Å²) in [5.74, 6) is 2.03. The first-order chi connectivity index (χ1) is 17.0. The Hall–Kier alpha value is -4.33. The number of anilines is 1. The molecule has 0 bridgehead atoms. The number of ether oxygens (including phenoxy) is 3. The summed E-state index contributed by atoms with van der Waals surface area (Å²) in [5, 5.41) is 7.48. The molecule has 1 aromatic heterocycles. The Kier molecular flexibility index (Phi) is 7.30. The Morgan fingerprint density at radius 2 is 1.46 bits per heavy atom. The molecular formula is C27H26FN3O4. The van der Waals surface area contributed by atoms with Crippen molar-refractivity contribution in [2.45, 2.75) is 19.8 Å². The number of halogens is 1. The van der Waals surface area contributed by atoms with Crippen LogP contribution in [0.2, 0.25) is 0 Å². The van der Waals surface area contributed by atoms with Crippen LogP contribution in [0.3, 0.4) is 0 Å². The molecule has 0 radical (unpaired) electrons. The molecule has 8 heteroatoms. The van der Waals surface area contributed by atoms with Gasteiger partial charge in [0.2, 0.25) is 11.8 Å². The molecule has 0 saturated carbocycles. The van der Waals surface area contributed by atoms with Crippen molar-refractivity contribution in [1.82, 2.24) is 9.78 Å². The highest BCUT2D eigenvalue weighted by Gasteiger charge is 2.20. The van der Waals surface area contributed by atoms with Crippen molar-refractivity contribution in [1.29, 1.82) is 0 Å². The lowest BCUT2D eigenvalue weighted by molar-refractivity contribution is -0.116. The normalized spacial score (nSPS) is 10.6. The Morgan fingerprint density at radius 1 is 0.886 bits per heavy atom. The van der Waals surface area contributed by atoms with E-state index in [0.717, 1.165) is 28.4 Å². The van der Waals surface area contributed by atoms with E-state index in [1.54, 1.807) is 18.9 Å². The van der Waals surface area contributed by atoms with Gasteiger partial charge in [-0.3, -0.25) is 4.79 Å². The minimum Gasteiger partial charge on any atom is -0.497 e. The number of methoxy groups -OCH3 is 2. The monoisotopic (exact) mass is 475 g/mol. The molecule has 0 saturated heterocycles. The molecule has 0 unspecified atom stereocenters. The fourth-order valence-corrected chi connectivity index (χ4v) is 3.58. The maximum atomic E-state index is 13.1. The molecule has 7 nitrogen and oxygen atoms in total. The molecule has 35 heavy (non-hydrogen) atoms. The highest BCUT2D eigenvalue weighted by Crippen LogP contribution is 2.32. The number of aromatic nitrogens is 2. The predicted molar refractivity (Wildman–Crippen MR) is 131 cm³/mol. The molecule has 0 aliphatic heterocycles. The lowest BCUT2D eigenvalue weighted by Crippen LogP contribution is -2.12. The molecule has 0 fully saturated rings. The molecule has 4 rings (SSSR count). The van der Waals surface area contributed by atoms with Crippen LogP contribution in [0.1, 0.15) is 17.7 Å². The quantitative estimate of drug-likeness (QED) is 0.336. The number of hydrogen-bond acceptors (Lipinski definition) is 5. The molecule has 0 aliphatic rings. The van der Waals surface area contributed by atoms with Crippen LogP contribution in [0.25, 0.3) is 5.69 Å². The zero-order chi connectivity index (χ0) is 24.8. The smallest absolute Gasteiger partial charge is 0.226 e. The zero-order valence-electron chi connectivity index (χ0n) is 19.7. The van der Waals surface area contributed by atoms with Gasteiger partial charge in [-0.1, -0.05) is 0 Å². The molecular weight excluding hydrogens is 449 g/mol. The van der Waals surface area contributed by atoms with E-state index in [1.807, 2.05) is 55.5 Å². The fourth-order valence-electron chi connectivity index (χ4n) is 3.58. The largest absolute Gasteiger partial charge is 0.497 e. The summed E-state index contributed by atoms with van der Waals surface area (Å²) in [7, 11) is 3.22. The summed E-state index contributed by atoms with van der Waals surface area (Å²) >= 11 is 0. The van der Waals surface area contributed by atoms with Crippen LogP contribution in [-0.4, -0.2) is 29.9 Å². The van der Waals surface area contributed by atoms with E-state index in [4.69, 9.17) is 19.3 Å². The van der Waals surface area contributed by atoms with E-state index in [1.165, 1.54) is 24.3 Å². The van der Waals surface area contributed by atoms with E-state index in [-0.39, 0.29) is 18.1 Å².